The predicted octanol–water partition coefficient (Wildman–Crippen LogP) is 5.24. The summed E-state index contributed by atoms with van der Waals surface area (Å²) in [4.78, 5) is 25.0. The highest BCUT2D eigenvalue weighted by atomic mass is 35.5. The quantitative estimate of drug-likeness (QED) is 0.563. The van der Waals surface area contributed by atoms with Crippen LogP contribution < -0.4 is 5.32 Å². The van der Waals surface area contributed by atoms with Gasteiger partial charge in [-0.05, 0) is 42.7 Å². The van der Waals surface area contributed by atoms with Crippen molar-refractivity contribution in [1.82, 2.24) is 5.32 Å². The summed E-state index contributed by atoms with van der Waals surface area (Å²) >= 11 is 19.6. The van der Waals surface area contributed by atoms with Crippen LogP contribution in [0, 0.1) is 0 Å². The van der Waals surface area contributed by atoms with E-state index in [1.165, 1.54) is 12.1 Å². The van der Waals surface area contributed by atoms with Crippen LogP contribution in [0.4, 0.5) is 0 Å². The van der Waals surface area contributed by atoms with E-state index in [4.69, 9.17) is 39.5 Å². The molecule has 0 aliphatic carbocycles. The van der Waals surface area contributed by atoms with Gasteiger partial charge in [0.05, 0.1) is 10.6 Å². The second-order valence-corrected chi connectivity index (χ2v) is 7.87. The predicted molar refractivity (Wildman–Crippen MR) is 112 cm³/mol. The number of halogens is 3. The van der Waals surface area contributed by atoms with Crippen LogP contribution in [0.5, 0.6) is 0 Å². The standard InChI is InChI=1S/C19H18Cl3NO3S/c1-27-9-8-17(19(25)26-11-12-4-2-3-5-15(12)21)23-18(24)14-7-6-13(20)10-16(14)22/h2-7,10,17H,8-9,11H2,1H3,(H,23,24). The second kappa shape index (κ2) is 10.8. The summed E-state index contributed by atoms with van der Waals surface area (Å²) in [6.07, 6.45) is 2.35. The van der Waals surface area contributed by atoms with Gasteiger partial charge in [0.1, 0.15) is 12.6 Å². The van der Waals surface area contributed by atoms with Crippen LogP contribution in [0.25, 0.3) is 0 Å². The molecule has 144 valence electrons. The number of benzene rings is 2. The summed E-state index contributed by atoms with van der Waals surface area (Å²) in [7, 11) is 0. The first kappa shape index (κ1) is 21.9. The molecule has 0 saturated heterocycles. The zero-order valence-electron chi connectivity index (χ0n) is 14.5. The van der Waals surface area contributed by atoms with E-state index in [2.05, 4.69) is 5.32 Å². The van der Waals surface area contributed by atoms with Gasteiger partial charge >= 0.3 is 5.97 Å². The molecule has 1 unspecified atom stereocenters. The highest BCUT2D eigenvalue weighted by molar-refractivity contribution is 7.98. The Morgan fingerprint density at radius 1 is 1.11 bits per heavy atom. The highest BCUT2D eigenvalue weighted by Crippen LogP contribution is 2.21. The van der Waals surface area contributed by atoms with Crippen LogP contribution in [0.3, 0.4) is 0 Å². The molecule has 0 radical (unpaired) electrons. The van der Waals surface area contributed by atoms with E-state index in [9.17, 15) is 9.59 Å². The minimum Gasteiger partial charge on any atom is -0.459 e. The first-order valence-corrected chi connectivity index (χ1v) is 10.6. The molecule has 27 heavy (non-hydrogen) atoms. The van der Waals surface area contributed by atoms with Gasteiger partial charge < -0.3 is 10.1 Å². The zero-order valence-corrected chi connectivity index (χ0v) is 17.6. The highest BCUT2D eigenvalue weighted by Gasteiger charge is 2.24. The number of nitrogens with one attached hydrogen (secondary N) is 1. The molecule has 2 rings (SSSR count). The van der Waals surface area contributed by atoms with Crippen LogP contribution in [0.15, 0.2) is 42.5 Å². The van der Waals surface area contributed by atoms with E-state index in [0.29, 0.717) is 27.8 Å². The lowest BCUT2D eigenvalue weighted by Crippen LogP contribution is -2.42. The molecule has 0 aromatic heterocycles. The Hall–Kier alpha value is -1.40. The van der Waals surface area contributed by atoms with Crippen LogP contribution in [0.1, 0.15) is 22.3 Å². The minimum atomic E-state index is -0.792. The maximum atomic E-state index is 12.5. The van der Waals surface area contributed by atoms with Gasteiger partial charge in [-0.3, -0.25) is 4.79 Å². The largest absolute Gasteiger partial charge is 0.459 e. The van der Waals surface area contributed by atoms with Gasteiger partial charge in [-0.25, -0.2) is 4.79 Å². The Bertz CT molecular complexity index is 817. The van der Waals surface area contributed by atoms with Crippen molar-refractivity contribution in [2.75, 3.05) is 12.0 Å². The maximum Gasteiger partial charge on any atom is 0.329 e. The van der Waals surface area contributed by atoms with Crippen molar-refractivity contribution >= 4 is 58.4 Å². The van der Waals surface area contributed by atoms with Crippen LogP contribution in [-0.2, 0) is 16.1 Å². The third-order valence-corrected chi connectivity index (χ3v) is 5.26. The lowest BCUT2D eigenvalue weighted by Gasteiger charge is -2.18. The minimum absolute atomic E-state index is 0.0336. The Balaban J connectivity index is 2.05. The second-order valence-electron chi connectivity index (χ2n) is 5.63. The number of esters is 1. The van der Waals surface area contributed by atoms with Gasteiger partial charge in [-0.2, -0.15) is 11.8 Å². The fourth-order valence-electron chi connectivity index (χ4n) is 2.26. The average Bonchev–Trinajstić information content (AvgIpc) is 2.64. The van der Waals surface area contributed by atoms with Crippen molar-refractivity contribution in [1.29, 1.82) is 0 Å². The topological polar surface area (TPSA) is 55.4 Å². The molecule has 0 heterocycles. The number of hydrogen-bond donors (Lipinski definition) is 1. The molecule has 0 spiro atoms. The molecule has 0 bridgehead atoms. The summed E-state index contributed by atoms with van der Waals surface area (Å²) in [6, 6.07) is 10.9. The Kier molecular flexibility index (Phi) is 8.77. The van der Waals surface area contributed by atoms with Crippen molar-refractivity contribution in [3.63, 3.8) is 0 Å². The molecule has 0 saturated carbocycles. The lowest BCUT2D eigenvalue weighted by molar-refractivity contribution is -0.147. The molecule has 2 aromatic rings. The third-order valence-electron chi connectivity index (χ3n) is 3.70. The van der Waals surface area contributed by atoms with E-state index >= 15 is 0 Å². The monoisotopic (exact) mass is 445 g/mol. The van der Waals surface area contributed by atoms with Gasteiger partial charge in [0.15, 0.2) is 0 Å². The average molecular weight is 447 g/mol. The molecular weight excluding hydrogens is 429 g/mol. The third kappa shape index (κ3) is 6.61. The number of amides is 1. The smallest absolute Gasteiger partial charge is 0.329 e. The Morgan fingerprint density at radius 3 is 2.52 bits per heavy atom. The number of hydrogen-bond acceptors (Lipinski definition) is 4. The lowest BCUT2D eigenvalue weighted by atomic mass is 10.1. The fourth-order valence-corrected chi connectivity index (χ4v) is 3.42. The Morgan fingerprint density at radius 2 is 1.85 bits per heavy atom. The van der Waals surface area contributed by atoms with Gasteiger partial charge in [0.25, 0.3) is 5.91 Å². The summed E-state index contributed by atoms with van der Waals surface area (Å²) in [6.45, 7) is 0.0336. The van der Waals surface area contributed by atoms with E-state index in [1.54, 1.807) is 36.0 Å². The molecular formula is C19H18Cl3NO3S. The van der Waals surface area contributed by atoms with Crippen LogP contribution in [-0.4, -0.2) is 29.9 Å². The number of rotatable bonds is 8. The van der Waals surface area contributed by atoms with E-state index in [1.807, 2.05) is 12.3 Å². The fraction of sp³-hybridized carbons (Fsp3) is 0.263. The van der Waals surface area contributed by atoms with E-state index < -0.39 is 17.9 Å². The van der Waals surface area contributed by atoms with E-state index in [0.717, 1.165) is 0 Å². The zero-order chi connectivity index (χ0) is 19.8. The molecule has 0 aliphatic heterocycles. The van der Waals surface area contributed by atoms with Gasteiger partial charge in [0.2, 0.25) is 0 Å². The first-order chi connectivity index (χ1) is 12.9. The van der Waals surface area contributed by atoms with Crippen molar-refractivity contribution in [2.24, 2.45) is 0 Å². The van der Waals surface area contributed by atoms with Crippen molar-refractivity contribution in [2.45, 2.75) is 19.1 Å². The number of carbonyl (C=O) groups is 2. The van der Waals surface area contributed by atoms with Gasteiger partial charge in [-0.15, -0.1) is 0 Å². The molecule has 4 nitrogen and oxygen atoms in total. The van der Waals surface area contributed by atoms with Crippen LogP contribution in [0.2, 0.25) is 15.1 Å². The Labute approximate surface area is 177 Å². The number of carbonyl (C=O) groups excluding carboxylic acids is 2. The van der Waals surface area contributed by atoms with Gasteiger partial charge in [0, 0.05) is 15.6 Å². The molecule has 0 fully saturated rings. The number of thioether (sulfide) groups is 1. The number of ether oxygens (including phenoxy) is 1. The SMILES string of the molecule is CSCCC(NC(=O)c1ccc(Cl)cc1Cl)C(=O)OCc1ccccc1Cl. The summed E-state index contributed by atoms with van der Waals surface area (Å²) in [5.74, 6) is -0.305. The van der Waals surface area contributed by atoms with Crippen LogP contribution >= 0.6 is 46.6 Å². The van der Waals surface area contributed by atoms with Crippen molar-refractivity contribution in [3.8, 4) is 0 Å². The summed E-state index contributed by atoms with van der Waals surface area (Å²) in [5.41, 5.74) is 0.942. The molecule has 0 aliphatic rings. The summed E-state index contributed by atoms with van der Waals surface area (Å²) in [5, 5.41) is 3.85. The van der Waals surface area contributed by atoms with Gasteiger partial charge in [-0.1, -0.05) is 53.0 Å². The van der Waals surface area contributed by atoms with E-state index in [-0.39, 0.29) is 17.2 Å². The summed E-state index contributed by atoms with van der Waals surface area (Å²) < 4.78 is 5.35. The first-order valence-electron chi connectivity index (χ1n) is 8.07. The van der Waals surface area contributed by atoms with Crippen molar-refractivity contribution in [3.05, 3.63) is 68.7 Å². The normalized spacial score (nSPS) is 11.7. The molecule has 1 amide bonds. The van der Waals surface area contributed by atoms with Crippen molar-refractivity contribution < 1.29 is 14.3 Å². The molecule has 1 atom stereocenters. The molecule has 1 N–H and O–H groups in total. The maximum absolute atomic E-state index is 12.5. The molecule has 8 heteroatoms. The molecule has 2 aromatic carbocycles.